The van der Waals surface area contributed by atoms with Gasteiger partial charge in [0.15, 0.2) is 5.82 Å². The van der Waals surface area contributed by atoms with Crippen molar-refractivity contribution in [3.63, 3.8) is 0 Å². The first kappa shape index (κ1) is 16.0. The number of hydrogen-bond acceptors (Lipinski definition) is 5. The van der Waals surface area contributed by atoms with E-state index in [4.69, 9.17) is 4.52 Å². The number of rotatable bonds is 3. The predicted molar refractivity (Wildman–Crippen MR) is 102 cm³/mol. The van der Waals surface area contributed by atoms with E-state index in [2.05, 4.69) is 10.1 Å². The van der Waals surface area contributed by atoms with E-state index in [9.17, 15) is 8.42 Å². The largest absolute Gasteiger partial charge is 0.334 e. The highest BCUT2D eigenvalue weighted by molar-refractivity contribution is 7.93. The third-order valence-electron chi connectivity index (χ3n) is 4.70. The molecule has 0 fully saturated rings. The molecule has 0 radical (unpaired) electrons. The van der Waals surface area contributed by atoms with E-state index in [-0.39, 0.29) is 6.54 Å². The van der Waals surface area contributed by atoms with Crippen LogP contribution in [0.15, 0.2) is 70.1 Å². The highest BCUT2D eigenvalue weighted by Gasteiger charge is 2.36. The molecule has 0 bridgehead atoms. The monoisotopic (exact) mass is 377 g/mol. The van der Waals surface area contributed by atoms with Crippen LogP contribution in [-0.2, 0) is 16.6 Å². The molecule has 0 N–H and O–H groups in total. The van der Waals surface area contributed by atoms with Gasteiger partial charge in [-0.05, 0) is 36.6 Å². The molecule has 3 aromatic carbocycles. The van der Waals surface area contributed by atoms with E-state index in [0.29, 0.717) is 22.3 Å². The number of benzene rings is 3. The maximum Gasteiger partial charge on any atom is 0.265 e. The molecule has 5 rings (SSSR count). The summed E-state index contributed by atoms with van der Waals surface area (Å²) in [5.41, 5.74) is 2.53. The van der Waals surface area contributed by atoms with E-state index < -0.39 is 10.0 Å². The summed E-state index contributed by atoms with van der Waals surface area (Å²) in [4.78, 5) is 4.71. The van der Waals surface area contributed by atoms with Crippen molar-refractivity contribution in [1.82, 2.24) is 10.1 Å². The van der Waals surface area contributed by atoms with Crippen LogP contribution in [0.4, 0.5) is 5.69 Å². The second kappa shape index (κ2) is 5.65. The lowest BCUT2D eigenvalue weighted by molar-refractivity contribution is 0.423. The summed E-state index contributed by atoms with van der Waals surface area (Å²) in [5.74, 6) is 0.695. The van der Waals surface area contributed by atoms with Gasteiger partial charge in [-0.3, -0.25) is 4.31 Å². The van der Waals surface area contributed by atoms with Crippen LogP contribution >= 0.6 is 0 Å². The third-order valence-corrected chi connectivity index (χ3v) is 6.50. The first-order valence-electron chi connectivity index (χ1n) is 8.48. The average Bonchev–Trinajstić information content (AvgIpc) is 3.21. The van der Waals surface area contributed by atoms with Crippen molar-refractivity contribution in [3.8, 4) is 11.5 Å². The van der Waals surface area contributed by atoms with E-state index in [1.165, 1.54) is 4.31 Å². The molecule has 6 nitrogen and oxygen atoms in total. The Morgan fingerprint density at radius 3 is 2.63 bits per heavy atom. The van der Waals surface area contributed by atoms with E-state index in [1.807, 2.05) is 49.4 Å². The summed E-state index contributed by atoms with van der Waals surface area (Å²) in [6.07, 6.45) is 0. The van der Waals surface area contributed by atoms with E-state index in [0.717, 1.165) is 21.9 Å². The Balaban J connectivity index is 1.55. The molecule has 27 heavy (non-hydrogen) atoms. The lowest BCUT2D eigenvalue weighted by atomic mass is 10.1. The van der Waals surface area contributed by atoms with Gasteiger partial charge in [0.2, 0.25) is 0 Å². The number of anilines is 1. The Morgan fingerprint density at radius 1 is 1.04 bits per heavy atom. The summed E-state index contributed by atoms with van der Waals surface area (Å²) in [6.45, 7) is 2.00. The van der Waals surface area contributed by atoms with Crippen LogP contribution < -0.4 is 4.31 Å². The van der Waals surface area contributed by atoms with Crippen molar-refractivity contribution >= 4 is 26.5 Å². The molecule has 134 valence electrons. The fourth-order valence-electron chi connectivity index (χ4n) is 3.47. The Morgan fingerprint density at radius 2 is 1.81 bits per heavy atom. The lowest BCUT2D eigenvalue weighted by Crippen LogP contribution is -2.27. The number of sulfonamides is 1. The minimum atomic E-state index is -3.65. The number of nitrogens with zero attached hydrogens (tertiary/aromatic N) is 3. The van der Waals surface area contributed by atoms with Crippen molar-refractivity contribution in [3.05, 3.63) is 72.1 Å². The molecular weight excluding hydrogens is 362 g/mol. The molecular formula is C20H15N3O3S. The molecule has 0 spiro atoms. The zero-order valence-corrected chi connectivity index (χ0v) is 15.3. The van der Waals surface area contributed by atoms with Crippen LogP contribution in [0.25, 0.3) is 22.2 Å². The second-order valence-electron chi connectivity index (χ2n) is 6.53. The van der Waals surface area contributed by atoms with Crippen molar-refractivity contribution in [1.29, 1.82) is 0 Å². The zero-order chi connectivity index (χ0) is 18.6. The smallest absolute Gasteiger partial charge is 0.265 e. The Kier molecular flexibility index (Phi) is 3.35. The number of aryl methyl sites for hydroxylation is 1. The maximum atomic E-state index is 13.0. The normalized spacial score (nSPS) is 14.8. The minimum absolute atomic E-state index is 0.0193. The standard InChI is InChI=1S/C20H15N3O3S/c1-13-5-2-8-15(11-13)20-21-18(22-26-20)12-23-16-9-3-6-14-7-4-10-17(19(14)16)27(23,24)25/h2-11H,12H2,1H3. The van der Waals surface area contributed by atoms with Crippen LogP contribution in [-0.4, -0.2) is 18.6 Å². The Hall–Kier alpha value is -3.19. The first-order chi connectivity index (χ1) is 13.0. The lowest BCUT2D eigenvalue weighted by Gasteiger charge is -2.16. The highest BCUT2D eigenvalue weighted by Crippen LogP contribution is 2.42. The fraction of sp³-hybridized carbons (Fsp3) is 0.100. The van der Waals surface area contributed by atoms with Crippen LogP contribution in [0, 0.1) is 6.92 Å². The quantitative estimate of drug-likeness (QED) is 0.541. The maximum absolute atomic E-state index is 13.0. The molecule has 1 aliphatic rings. The minimum Gasteiger partial charge on any atom is -0.334 e. The molecule has 0 atom stereocenters. The van der Waals surface area contributed by atoms with Crippen molar-refractivity contribution in [2.75, 3.05) is 4.31 Å². The van der Waals surface area contributed by atoms with Gasteiger partial charge >= 0.3 is 0 Å². The molecule has 4 aromatic rings. The third kappa shape index (κ3) is 2.43. The van der Waals surface area contributed by atoms with Crippen molar-refractivity contribution < 1.29 is 12.9 Å². The van der Waals surface area contributed by atoms with Gasteiger partial charge in [-0.2, -0.15) is 4.98 Å². The Labute approximate surface area is 156 Å². The average molecular weight is 377 g/mol. The van der Waals surface area contributed by atoms with Gasteiger partial charge in [0.05, 0.1) is 17.1 Å². The van der Waals surface area contributed by atoms with Crippen molar-refractivity contribution in [2.24, 2.45) is 0 Å². The molecule has 0 saturated heterocycles. The molecule has 2 heterocycles. The number of aromatic nitrogens is 2. The summed E-state index contributed by atoms with van der Waals surface area (Å²) in [5, 5.41) is 5.62. The van der Waals surface area contributed by atoms with Gasteiger partial charge in [-0.15, -0.1) is 0 Å². The van der Waals surface area contributed by atoms with Gasteiger partial charge in [0, 0.05) is 10.9 Å². The molecule has 1 aliphatic heterocycles. The predicted octanol–water partition coefficient (Wildman–Crippen LogP) is 3.91. The summed E-state index contributed by atoms with van der Waals surface area (Å²) < 4.78 is 32.8. The van der Waals surface area contributed by atoms with Crippen LogP contribution in [0.1, 0.15) is 11.4 Å². The van der Waals surface area contributed by atoms with Crippen LogP contribution in [0.5, 0.6) is 0 Å². The summed E-state index contributed by atoms with van der Waals surface area (Å²) in [7, 11) is -3.65. The van der Waals surface area contributed by atoms with E-state index in [1.54, 1.807) is 18.2 Å². The van der Waals surface area contributed by atoms with Crippen molar-refractivity contribution in [2.45, 2.75) is 18.4 Å². The summed E-state index contributed by atoms with van der Waals surface area (Å²) >= 11 is 0. The highest BCUT2D eigenvalue weighted by atomic mass is 32.2. The molecule has 7 heteroatoms. The first-order valence-corrected chi connectivity index (χ1v) is 9.92. The van der Waals surface area contributed by atoms with Crippen LogP contribution in [0.3, 0.4) is 0 Å². The van der Waals surface area contributed by atoms with Crippen LogP contribution in [0.2, 0.25) is 0 Å². The molecule has 0 saturated carbocycles. The Bertz CT molecular complexity index is 1290. The van der Waals surface area contributed by atoms with E-state index >= 15 is 0 Å². The molecule has 0 amide bonds. The molecule has 0 unspecified atom stereocenters. The second-order valence-corrected chi connectivity index (χ2v) is 8.36. The molecule has 1 aromatic heterocycles. The van der Waals surface area contributed by atoms with Gasteiger partial charge in [0.1, 0.15) is 0 Å². The van der Waals surface area contributed by atoms with Gasteiger partial charge < -0.3 is 4.52 Å². The summed E-state index contributed by atoms with van der Waals surface area (Å²) in [6, 6.07) is 18.6. The fourth-order valence-corrected chi connectivity index (χ4v) is 5.14. The number of hydrogen-bond donors (Lipinski definition) is 0. The van der Waals surface area contributed by atoms with Gasteiger partial charge in [-0.1, -0.05) is 47.1 Å². The topological polar surface area (TPSA) is 76.3 Å². The SMILES string of the molecule is Cc1cccc(-c2nc(CN3c4cccc5cccc(c45)S3(=O)=O)no2)c1. The zero-order valence-electron chi connectivity index (χ0n) is 14.5. The van der Waals surface area contributed by atoms with Gasteiger partial charge in [-0.25, -0.2) is 8.42 Å². The van der Waals surface area contributed by atoms with Gasteiger partial charge in [0.25, 0.3) is 15.9 Å². The molecule has 0 aliphatic carbocycles.